The summed E-state index contributed by atoms with van der Waals surface area (Å²) in [6.45, 7) is 1.67. The van der Waals surface area contributed by atoms with Crippen molar-refractivity contribution >= 4 is 11.6 Å². The molecule has 0 spiro atoms. The van der Waals surface area contributed by atoms with Crippen molar-refractivity contribution < 1.29 is 9.59 Å². The van der Waals surface area contributed by atoms with Gasteiger partial charge in [-0.15, -0.1) is 0 Å². The molecule has 1 aliphatic carbocycles. The van der Waals surface area contributed by atoms with E-state index in [9.17, 15) is 9.59 Å². The van der Waals surface area contributed by atoms with Crippen molar-refractivity contribution in [1.82, 2.24) is 0 Å². The van der Waals surface area contributed by atoms with Crippen LogP contribution >= 0.6 is 0 Å². The highest BCUT2D eigenvalue weighted by atomic mass is 16.1. The van der Waals surface area contributed by atoms with Gasteiger partial charge in [-0.05, 0) is 32.6 Å². The average Bonchev–Trinajstić information content (AvgIpc) is 2.34. The van der Waals surface area contributed by atoms with E-state index in [0.717, 1.165) is 38.5 Å². The zero-order valence-corrected chi connectivity index (χ0v) is 11.9. The van der Waals surface area contributed by atoms with E-state index in [0.29, 0.717) is 17.5 Å². The predicted molar refractivity (Wildman–Crippen MR) is 74.6 cm³/mol. The number of unbranched alkanes of at least 4 members (excludes halogenated alkanes) is 5. The topological polar surface area (TPSA) is 34.1 Å². The minimum atomic E-state index is 0.311. The highest BCUT2D eigenvalue weighted by Crippen LogP contribution is 2.25. The van der Waals surface area contributed by atoms with Gasteiger partial charge in [0.1, 0.15) is 11.6 Å². The number of hydrogen-bond donors (Lipinski definition) is 0. The number of carbonyl (C=O) groups excluding carboxylic acids is 2. The molecule has 0 amide bonds. The summed E-state index contributed by atoms with van der Waals surface area (Å²) in [4.78, 5) is 22.4. The SMILES string of the molecule is CC(=O)CCCCCCCCC1CCCCC1=O. The third-order valence-electron chi connectivity index (χ3n) is 4.01. The van der Waals surface area contributed by atoms with Crippen LogP contribution in [-0.2, 0) is 9.59 Å². The Bertz CT molecular complexity index is 258. The fourth-order valence-electron chi connectivity index (χ4n) is 2.83. The average molecular weight is 252 g/mol. The Labute approximate surface area is 112 Å². The highest BCUT2D eigenvalue weighted by Gasteiger charge is 2.20. The minimum Gasteiger partial charge on any atom is -0.300 e. The Morgan fingerprint density at radius 1 is 1.06 bits per heavy atom. The van der Waals surface area contributed by atoms with Crippen molar-refractivity contribution in [3.05, 3.63) is 0 Å². The maximum absolute atomic E-state index is 11.6. The van der Waals surface area contributed by atoms with Gasteiger partial charge in [0.25, 0.3) is 0 Å². The van der Waals surface area contributed by atoms with Gasteiger partial charge in [0.05, 0.1) is 0 Å². The molecule has 0 aromatic heterocycles. The van der Waals surface area contributed by atoms with Crippen LogP contribution in [-0.4, -0.2) is 11.6 Å². The minimum absolute atomic E-state index is 0.311. The molecular formula is C16H28O2. The van der Waals surface area contributed by atoms with Crippen molar-refractivity contribution in [1.29, 1.82) is 0 Å². The molecule has 1 atom stereocenters. The molecule has 0 aromatic rings. The molecule has 0 saturated heterocycles. The zero-order chi connectivity index (χ0) is 13.2. The van der Waals surface area contributed by atoms with Crippen molar-refractivity contribution in [3.8, 4) is 0 Å². The molecule has 2 nitrogen and oxygen atoms in total. The lowest BCUT2D eigenvalue weighted by atomic mass is 9.84. The van der Waals surface area contributed by atoms with Gasteiger partial charge >= 0.3 is 0 Å². The lowest BCUT2D eigenvalue weighted by Gasteiger charge is -2.20. The van der Waals surface area contributed by atoms with Gasteiger partial charge < -0.3 is 4.79 Å². The summed E-state index contributed by atoms with van der Waals surface area (Å²) in [5.74, 6) is 1.21. The number of ketones is 2. The molecule has 1 rings (SSSR count). The first-order chi connectivity index (χ1) is 8.70. The largest absolute Gasteiger partial charge is 0.300 e. The van der Waals surface area contributed by atoms with E-state index < -0.39 is 0 Å². The lowest BCUT2D eigenvalue weighted by molar-refractivity contribution is -0.124. The molecule has 0 radical (unpaired) electrons. The van der Waals surface area contributed by atoms with Crippen molar-refractivity contribution in [2.75, 3.05) is 0 Å². The Hall–Kier alpha value is -0.660. The number of carbonyl (C=O) groups is 2. The van der Waals surface area contributed by atoms with Gasteiger partial charge in [0.15, 0.2) is 0 Å². The molecule has 0 N–H and O–H groups in total. The molecule has 0 aromatic carbocycles. The molecule has 2 heteroatoms. The van der Waals surface area contributed by atoms with E-state index in [1.807, 2.05) is 0 Å². The second-order valence-electron chi connectivity index (χ2n) is 5.77. The Morgan fingerprint density at radius 3 is 2.39 bits per heavy atom. The fraction of sp³-hybridized carbons (Fsp3) is 0.875. The normalized spacial score (nSPS) is 20.1. The summed E-state index contributed by atoms with van der Waals surface area (Å²) in [5, 5.41) is 0. The van der Waals surface area contributed by atoms with E-state index in [2.05, 4.69) is 0 Å². The fourth-order valence-corrected chi connectivity index (χ4v) is 2.83. The van der Waals surface area contributed by atoms with Crippen LogP contribution in [0.2, 0.25) is 0 Å². The summed E-state index contributed by atoms with van der Waals surface area (Å²) in [6.07, 6.45) is 13.4. The third-order valence-corrected chi connectivity index (χ3v) is 4.01. The van der Waals surface area contributed by atoms with Crippen LogP contribution in [0.5, 0.6) is 0 Å². The summed E-state index contributed by atoms with van der Waals surface area (Å²) < 4.78 is 0. The van der Waals surface area contributed by atoms with Gasteiger partial charge in [-0.25, -0.2) is 0 Å². The molecule has 1 saturated carbocycles. The summed E-state index contributed by atoms with van der Waals surface area (Å²) in [7, 11) is 0. The van der Waals surface area contributed by atoms with Crippen LogP contribution in [0.3, 0.4) is 0 Å². The molecule has 0 aliphatic heterocycles. The van der Waals surface area contributed by atoms with Crippen LogP contribution < -0.4 is 0 Å². The molecule has 104 valence electrons. The molecule has 1 aliphatic rings. The van der Waals surface area contributed by atoms with Crippen molar-refractivity contribution in [2.45, 2.75) is 84.0 Å². The highest BCUT2D eigenvalue weighted by molar-refractivity contribution is 5.81. The molecule has 18 heavy (non-hydrogen) atoms. The quantitative estimate of drug-likeness (QED) is 0.568. The number of rotatable bonds is 9. The van der Waals surface area contributed by atoms with Crippen LogP contribution in [0.25, 0.3) is 0 Å². The van der Waals surface area contributed by atoms with Crippen LogP contribution in [0, 0.1) is 5.92 Å². The van der Waals surface area contributed by atoms with E-state index in [1.54, 1.807) is 6.92 Å². The molecule has 0 heterocycles. The number of hydrogen-bond acceptors (Lipinski definition) is 2. The van der Waals surface area contributed by atoms with Crippen molar-refractivity contribution in [2.24, 2.45) is 5.92 Å². The Kier molecular flexibility index (Phi) is 7.95. The first kappa shape index (κ1) is 15.4. The summed E-state index contributed by atoms with van der Waals surface area (Å²) >= 11 is 0. The molecule has 0 bridgehead atoms. The van der Waals surface area contributed by atoms with E-state index in [1.165, 1.54) is 38.5 Å². The smallest absolute Gasteiger partial charge is 0.135 e. The monoisotopic (exact) mass is 252 g/mol. The predicted octanol–water partition coefficient (Wildman–Crippen LogP) is 4.46. The molecule has 1 fully saturated rings. The third kappa shape index (κ3) is 6.93. The van der Waals surface area contributed by atoms with Crippen LogP contribution in [0.15, 0.2) is 0 Å². The van der Waals surface area contributed by atoms with Gasteiger partial charge in [0.2, 0.25) is 0 Å². The lowest BCUT2D eigenvalue weighted by Crippen LogP contribution is -2.18. The second kappa shape index (κ2) is 9.29. The first-order valence-corrected chi connectivity index (χ1v) is 7.72. The maximum Gasteiger partial charge on any atom is 0.135 e. The van der Waals surface area contributed by atoms with Gasteiger partial charge in [0, 0.05) is 18.8 Å². The standard InChI is InChI=1S/C16H28O2/c1-14(17)10-6-4-2-3-5-7-11-15-12-8-9-13-16(15)18/h15H,2-13H2,1H3. The van der Waals surface area contributed by atoms with Gasteiger partial charge in [-0.1, -0.05) is 38.5 Å². The second-order valence-corrected chi connectivity index (χ2v) is 5.77. The first-order valence-electron chi connectivity index (χ1n) is 7.72. The number of Topliss-reactive ketones (excluding diaryl/α,β-unsaturated/α-hetero) is 2. The Morgan fingerprint density at radius 2 is 1.72 bits per heavy atom. The molecule has 1 unspecified atom stereocenters. The zero-order valence-electron chi connectivity index (χ0n) is 11.9. The summed E-state index contributed by atoms with van der Waals surface area (Å²) in [6, 6.07) is 0. The Balaban J connectivity index is 1.89. The van der Waals surface area contributed by atoms with E-state index in [4.69, 9.17) is 0 Å². The van der Waals surface area contributed by atoms with E-state index >= 15 is 0 Å². The van der Waals surface area contributed by atoms with Gasteiger partial charge in [-0.3, -0.25) is 4.79 Å². The maximum atomic E-state index is 11.6. The van der Waals surface area contributed by atoms with Crippen molar-refractivity contribution in [3.63, 3.8) is 0 Å². The van der Waals surface area contributed by atoms with Crippen LogP contribution in [0.4, 0.5) is 0 Å². The van der Waals surface area contributed by atoms with E-state index in [-0.39, 0.29) is 0 Å². The van der Waals surface area contributed by atoms with Crippen LogP contribution in [0.1, 0.15) is 84.0 Å². The summed E-state index contributed by atoms with van der Waals surface area (Å²) in [5.41, 5.74) is 0. The molecular weight excluding hydrogens is 224 g/mol. The van der Waals surface area contributed by atoms with Gasteiger partial charge in [-0.2, -0.15) is 0 Å².